The fourth-order valence-electron chi connectivity index (χ4n) is 2.92. The highest BCUT2D eigenvalue weighted by molar-refractivity contribution is 7.98. The van der Waals surface area contributed by atoms with E-state index in [2.05, 4.69) is 42.2 Å². The van der Waals surface area contributed by atoms with Crippen LogP contribution in [0.15, 0.2) is 53.4 Å². The molecule has 0 aliphatic rings. The van der Waals surface area contributed by atoms with Crippen LogP contribution in [0.1, 0.15) is 16.7 Å². The lowest BCUT2D eigenvalue weighted by Gasteiger charge is -2.15. The van der Waals surface area contributed by atoms with Gasteiger partial charge in [0.1, 0.15) is 17.5 Å². The Morgan fingerprint density at radius 1 is 0.960 bits per heavy atom. The fourth-order valence-corrected chi connectivity index (χ4v) is 3.33. The summed E-state index contributed by atoms with van der Waals surface area (Å²) in [7, 11) is 0. The number of nitrogens with two attached hydrogens (primary N) is 1. The topological polar surface area (TPSA) is 62.7 Å². The molecule has 3 aromatic rings. The highest BCUT2D eigenvalue weighted by Crippen LogP contribution is 2.36. The van der Waals surface area contributed by atoms with Crippen molar-refractivity contribution in [2.45, 2.75) is 18.7 Å². The zero-order valence-corrected chi connectivity index (χ0v) is 15.3. The fraction of sp³-hybridized carbons (Fsp3) is 0.143. The molecule has 2 aromatic carbocycles. The Hall–Kier alpha value is -2.77. The zero-order valence-electron chi connectivity index (χ0n) is 14.5. The Balaban J connectivity index is 2.25. The number of anilines is 1. The molecule has 0 atom stereocenters. The molecule has 1 heterocycles. The van der Waals surface area contributed by atoms with Crippen LogP contribution in [0.5, 0.6) is 0 Å². The predicted molar refractivity (Wildman–Crippen MR) is 105 cm³/mol. The Labute approximate surface area is 152 Å². The summed E-state index contributed by atoms with van der Waals surface area (Å²) in [6, 6.07) is 18.6. The van der Waals surface area contributed by atoms with Crippen LogP contribution in [0.2, 0.25) is 0 Å². The average Bonchev–Trinajstić information content (AvgIpc) is 2.64. The third-order valence-electron chi connectivity index (χ3n) is 4.28. The molecule has 0 radical (unpaired) electrons. The number of nitrogens with zero attached hydrogens (tertiary/aromatic N) is 2. The minimum absolute atomic E-state index is 0.271. The van der Waals surface area contributed by atoms with E-state index in [0.29, 0.717) is 5.56 Å². The van der Waals surface area contributed by atoms with Crippen LogP contribution in [-0.2, 0) is 0 Å². The van der Waals surface area contributed by atoms with Gasteiger partial charge in [-0.3, -0.25) is 0 Å². The highest BCUT2D eigenvalue weighted by Gasteiger charge is 2.18. The number of hydrogen-bond donors (Lipinski definition) is 1. The van der Waals surface area contributed by atoms with E-state index in [1.54, 1.807) is 11.8 Å². The largest absolute Gasteiger partial charge is 0.383 e. The Morgan fingerprint density at radius 2 is 1.56 bits per heavy atom. The van der Waals surface area contributed by atoms with E-state index in [-0.39, 0.29) is 5.82 Å². The van der Waals surface area contributed by atoms with Gasteiger partial charge >= 0.3 is 0 Å². The van der Waals surface area contributed by atoms with Gasteiger partial charge in [0.15, 0.2) is 0 Å². The second-order valence-electron chi connectivity index (χ2n) is 5.93. The molecular formula is C21H19N3S. The monoisotopic (exact) mass is 345 g/mol. The van der Waals surface area contributed by atoms with Crippen molar-refractivity contribution in [2.24, 2.45) is 0 Å². The van der Waals surface area contributed by atoms with Crippen LogP contribution in [0, 0.1) is 25.2 Å². The molecule has 0 aliphatic carbocycles. The molecule has 0 saturated carbocycles. The molecule has 124 valence electrons. The lowest BCUT2D eigenvalue weighted by atomic mass is 9.92. The summed E-state index contributed by atoms with van der Waals surface area (Å²) in [5.74, 6) is 0.271. The Morgan fingerprint density at radius 3 is 2.12 bits per heavy atom. The number of aromatic nitrogens is 1. The zero-order chi connectivity index (χ0) is 18.0. The molecule has 0 amide bonds. The van der Waals surface area contributed by atoms with Gasteiger partial charge in [0.05, 0.1) is 5.69 Å². The molecule has 0 fully saturated rings. The molecule has 0 unspecified atom stereocenters. The van der Waals surface area contributed by atoms with Crippen LogP contribution in [0.3, 0.4) is 0 Å². The van der Waals surface area contributed by atoms with Crippen molar-refractivity contribution in [3.63, 3.8) is 0 Å². The predicted octanol–water partition coefficient (Wildman–Crippen LogP) is 5.21. The van der Waals surface area contributed by atoms with Gasteiger partial charge in [-0.15, -0.1) is 11.8 Å². The number of rotatable bonds is 3. The van der Waals surface area contributed by atoms with Crippen molar-refractivity contribution in [1.29, 1.82) is 5.26 Å². The van der Waals surface area contributed by atoms with E-state index < -0.39 is 0 Å². The van der Waals surface area contributed by atoms with Crippen molar-refractivity contribution < 1.29 is 0 Å². The van der Waals surface area contributed by atoms with Gasteiger partial charge in [-0.1, -0.05) is 42.0 Å². The Bertz CT molecular complexity index is 952. The smallest absolute Gasteiger partial charge is 0.142 e. The van der Waals surface area contributed by atoms with Gasteiger partial charge in [-0.25, -0.2) is 4.98 Å². The third kappa shape index (κ3) is 3.24. The van der Waals surface area contributed by atoms with Crippen molar-refractivity contribution >= 4 is 17.6 Å². The van der Waals surface area contributed by atoms with E-state index in [1.807, 2.05) is 37.4 Å². The van der Waals surface area contributed by atoms with Crippen LogP contribution >= 0.6 is 11.8 Å². The minimum atomic E-state index is 0.271. The van der Waals surface area contributed by atoms with Gasteiger partial charge in [-0.2, -0.15) is 5.26 Å². The molecule has 0 aliphatic heterocycles. The first kappa shape index (κ1) is 17.1. The molecular weight excluding hydrogens is 326 g/mol. The SMILES string of the molecule is CSc1ccc(-c2c(C)c(-c3ccc(C)cc3)nc(N)c2C#N)cc1. The first-order valence-electron chi connectivity index (χ1n) is 7.96. The lowest BCUT2D eigenvalue weighted by molar-refractivity contribution is 1.25. The van der Waals surface area contributed by atoms with Crippen LogP contribution in [0.4, 0.5) is 5.82 Å². The first-order chi connectivity index (χ1) is 12.0. The summed E-state index contributed by atoms with van der Waals surface area (Å²) in [5, 5.41) is 9.61. The summed E-state index contributed by atoms with van der Waals surface area (Å²) >= 11 is 1.69. The number of nitriles is 1. The molecule has 1 aromatic heterocycles. The number of pyridine rings is 1. The molecule has 4 heteroatoms. The third-order valence-corrected chi connectivity index (χ3v) is 5.03. The maximum atomic E-state index is 9.61. The number of benzene rings is 2. The van der Waals surface area contributed by atoms with Gasteiger partial charge in [-0.05, 0) is 43.4 Å². The normalized spacial score (nSPS) is 10.5. The van der Waals surface area contributed by atoms with E-state index in [9.17, 15) is 5.26 Å². The highest BCUT2D eigenvalue weighted by atomic mass is 32.2. The molecule has 2 N–H and O–H groups in total. The summed E-state index contributed by atoms with van der Waals surface area (Å²) in [6.07, 6.45) is 2.04. The standard InChI is InChI=1S/C21H19N3S/c1-13-4-6-16(7-5-13)20-14(2)19(18(12-22)21(23)24-20)15-8-10-17(25-3)11-9-15/h4-11H,1-3H3,(H2,23,24). The van der Waals surface area contributed by atoms with Crippen molar-refractivity contribution in [1.82, 2.24) is 4.98 Å². The molecule has 3 rings (SSSR count). The van der Waals surface area contributed by atoms with Crippen LogP contribution in [-0.4, -0.2) is 11.2 Å². The summed E-state index contributed by atoms with van der Waals surface area (Å²) in [6.45, 7) is 4.05. The van der Waals surface area contributed by atoms with E-state index in [0.717, 1.165) is 27.9 Å². The van der Waals surface area contributed by atoms with Gasteiger partial charge in [0, 0.05) is 16.0 Å². The van der Waals surface area contributed by atoms with Gasteiger partial charge in [0.2, 0.25) is 0 Å². The number of nitrogen functional groups attached to an aromatic ring is 1. The van der Waals surface area contributed by atoms with E-state index >= 15 is 0 Å². The van der Waals surface area contributed by atoms with Crippen molar-refractivity contribution in [3.8, 4) is 28.5 Å². The summed E-state index contributed by atoms with van der Waals surface area (Å²) < 4.78 is 0. The summed E-state index contributed by atoms with van der Waals surface area (Å²) in [5.41, 5.74) is 12.4. The van der Waals surface area contributed by atoms with Gasteiger partial charge < -0.3 is 5.73 Å². The van der Waals surface area contributed by atoms with Gasteiger partial charge in [0.25, 0.3) is 0 Å². The van der Waals surface area contributed by atoms with E-state index in [1.165, 1.54) is 10.5 Å². The number of hydrogen-bond acceptors (Lipinski definition) is 4. The van der Waals surface area contributed by atoms with E-state index in [4.69, 9.17) is 5.73 Å². The maximum Gasteiger partial charge on any atom is 0.142 e. The van der Waals surface area contributed by atoms with Crippen LogP contribution in [0.25, 0.3) is 22.4 Å². The molecule has 3 nitrogen and oxygen atoms in total. The molecule has 0 spiro atoms. The molecule has 0 saturated heterocycles. The lowest BCUT2D eigenvalue weighted by Crippen LogP contribution is -2.03. The first-order valence-corrected chi connectivity index (χ1v) is 9.19. The molecule has 0 bridgehead atoms. The average molecular weight is 345 g/mol. The second-order valence-corrected chi connectivity index (χ2v) is 6.81. The van der Waals surface area contributed by atoms with Crippen molar-refractivity contribution in [3.05, 3.63) is 65.2 Å². The number of thioether (sulfide) groups is 1. The minimum Gasteiger partial charge on any atom is -0.383 e. The molecule has 25 heavy (non-hydrogen) atoms. The number of aryl methyl sites for hydroxylation is 1. The maximum absolute atomic E-state index is 9.61. The van der Waals surface area contributed by atoms with Crippen molar-refractivity contribution in [2.75, 3.05) is 12.0 Å². The summed E-state index contributed by atoms with van der Waals surface area (Å²) in [4.78, 5) is 5.70. The Kier molecular flexibility index (Phi) is 4.78. The van der Waals surface area contributed by atoms with Crippen LogP contribution < -0.4 is 5.73 Å². The second kappa shape index (κ2) is 7.00. The quantitative estimate of drug-likeness (QED) is 0.662.